The molecule has 134 valence electrons. The number of amides is 2. The Balaban J connectivity index is 2.23. The average molecular weight is 338 g/mol. The molecule has 25 heavy (non-hydrogen) atoms. The SMILES string of the molecule is C=C(C(NC(=O)Nc1cccc2ccccc12)C(C)(C)C)C(C)(C)C. The number of rotatable bonds is 3. The molecular weight excluding hydrogens is 308 g/mol. The predicted octanol–water partition coefficient (Wildman–Crippen LogP) is 5.98. The topological polar surface area (TPSA) is 41.1 Å². The monoisotopic (exact) mass is 338 g/mol. The summed E-state index contributed by atoms with van der Waals surface area (Å²) in [6.45, 7) is 17.0. The second kappa shape index (κ2) is 6.91. The van der Waals surface area contributed by atoms with Crippen LogP contribution >= 0.6 is 0 Å². The molecule has 3 heteroatoms. The highest BCUT2D eigenvalue weighted by Crippen LogP contribution is 2.34. The number of fused-ring (bicyclic) bond motifs is 1. The fraction of sp³-hybridized carbons (Fsp3) is 0.409. The van der Waals surface area contributed by atoms with Crippen molar-refractivity contribution < 1.29 is 4.79 Å². The maximum atomic E-state index is 12.7. The Hall–Kier alpha value is -2.29. The lowest BCUT2D eigenvalue weighted by Gasteiger charge is -2.38. The maximum absolute atomic E-state index is 12.7. The molecule has 2 aromatic carbocycles. The maximum Gasteiger partial charge on any atom is 0.319 e. The molecule has 0 saturated carbocycles. The van der Waals surface area contributed by atoms with E-state index in [0.717, 1.165) is 22.0 Å². The molecule has 0 radical (unpaired) electrons. The first-order chi connectivity index (χ1) is 11.5. The van der Waals surface area contributed by atoms with Crippen LogP contribution in [0.5, 0.6) is 0 Å². The Morgan fingerprint density at radius 2 is 1.56 bits per heavy atom. The summed E-state index contributed by atoms with van der Waals surface area (Å²) >= 11 is 0. The van der Waals surface area contributed by atoms with Crippen LogP contribution in [0.3, 0.4) is 0 Å². The summed E-state index contributed by atoms with van der Waals surface area (Å²) in [6.07, 6.45) is 0. The zero-order valence-corrected chi connectivity index (χ0v) is 16.2. The first-order valence-electron chi connectivity index (χ1n) is 8.75. The van der Waals surface area contributed by atoms with Crippen LogP contribution in [0.1, 0.15) is 41.5 Å². The molecule has 2 rings (SSSR count). The number of hydrogen-bond acceptors (Lipinski definition) is 1. The van der Waals surface area contributed by atoms with E-state index in [-0.39, 0.29) is 22.9 Å². The van der Waals surface area contributed by atoms with Gasteiger partial charge in [-0.05, 0) is 27.9 Å². The van der Waals surface area contributed by atoms with Crippen molar-refractivity contribution in [2.24, 2.45) is 10.8 Å². The molecule has 2 aromatic rings. The summed E-state index contributed by atoms with van der Waals surface area (Å²) in [5.41, 5.74) is 1.63. The van der Waals surface area contributed by atoms with Gasteiger partial charge in [-0.25, -0.2) is 4.79 Å². The Morgan fingerprint density at radius 3 is 2.16 bits per heavy atom. The van der Waals surface area contributed by atoms with Gasteiger partial charge >= 0.3 is 6.03 Å². The molecule has 1 atom stereocenters. The Labute approximate surface area is 151 Å². The smallest absolute Gasteiger partial charge is 0.319 e. The van der Waals surface area contributed by atoms with Gasteiger partial charge in [0.1, 0.15) is 0 Å². The van der Waals surface area contributed by atoms with Crippen molar-refractivity contribution in [1.82, 2.24) is 5.32 Å². The molecule has 3 nitrogen and oxygen atoms in total. The largest absolute Gasteiger partial charge is 0.331 e. The highest BCUT2D eigenvalue weighted by Gasteiger charge is 2.33. The van der Waals surface area contributed by atoms with Gasteiger partial charge in [-0.3, -0.25) is 0 Å². The third kappa shape index (κ3) is 4.62. The lowest BCUT2D eigenvalue weighted by molar-refractivity contribution is 0.229. The molecule has 0 saturated heterocycles. The van der Waals surface area contributed by atoms with E-state index in [1.807, 2.05) is 42.5 Å². The average Bonchev–Trinajstić information content (AvgIpc) is 2.50. The molecule has 2 amide bonds. The number of benzene rings is 2. The molecule has 0 fully saturated rings. The Kier molecular flexibility index (Phi) is 5.26. The van der Waals surface area contributed by atoms with Crippen LogP contribution in [0.15, 0.2) is 54.6 Å². The molecule has 0 aliphatic heterocycles. The van der Waals surface area contributed by atoms with E-state index in [2.05, 4.69) is 58.8 Å². The van der Waals surface area contributed by atoms with Crippen LogP contribution in [0.25, 0.3) is 10.8 Å². The summed E-state index contributed by atoms with van der Waals surface area (Å²) in [5.74, 6) is 0. The highest BCUT2D eigenvalue weighted by atomic mass is 16.2. The lowest BCUT2D eigenvalue weighted by atomic mass is 9.73. The number of anilines is 1. The van der Waals surface area contributed by atoms with Crippen LogP contribution in [0, 0.1) is 10.8 Å². The van der Waals surface area contributed by atoms with Gasteiger partial charge in [-0.1, -0.05) is 84.5 Å². The van der Waals surface area contributed by atoms with E-state index in [0.29, 0.717) is 0 Å². The van der Waals surface area contributed by atoms with Crippen molar-refractivity contribution in [3.05, 3.63) is 54.6 Å². The zero-order chi connectivity index (χ0) is 18.8. The second-order valence-corrected chi connectivity index (χ2v) is 8.70. The van der Waals surface area contributed by atoms with Gasteiger partial charge < -0.3 is 10.6 Å². The molecule has 0 aliphatic carbocycles. The van der Waals surface area contributed by atoms with Gasteiger partial charge in [0.25, 0.3) is 0 Å². The minimum absolute atomic E-state index is 0.0787. The van der Waals surface area contributed by atoms with Gasteiger partial charge in [0, 0.05) is 5.39 Å². The number of hydrogen-bond donors (Lipinski definition) is 2. The van der Waals surface area contributed by atoms with Gasteiger partial charge in [0.15, 0.2) is 0 Å². The van der Waals surface area contributed by atoms with Gasteiger partial charge in [0.2, 0.25) is 0 Å². The summed E-state index contributed by atoms with van der Waals surface area (Å²) in [7, 11) is 0. The number of carbonyl (C=O) groups excluding carboxylic acids is 1. The van der Waals surface area contributed by atoms with Crippen LogP contribution < -0.4 is 10.6 Å². The number of carbonyl (C=O) groups is 1. The summed E-state index contributed by atoms with van der Waals surface area (Å²) in [6, 6.07) is 13.6. The van der Waals surface area contributed by atoms with Gasteiger partial charge in [-0.2, -0.15) is 0 Å². The highest BCUT2D eigenvalue weighted by molar-refractivity contribution is 6.01. The van der Waals surface area contributed by atoms with E-state index in [1.165, 1.54) is 0 Å². The standard InChI is InChI=1S/C22H30N2O/c1-15(21(2,3)4)19(22(5,6)7)24-20(25)23-18-14-10-12-16-11-8-9-13-17(16)18/h8-14,19H,1H2,2-7H3,(H2,23,24,25). The van der Waals surface area contributed by atoms with Crippen molar-refractivity contribution in [3.63, 3.8) is 0 Å². The normalized spacial score (nSPS) is 13.4. The van der Waals surface area contributed by atoms with E-state index in [4.69, 9.17) is 0 Å². The third-order valence-corrected chi connectivity index (χ3v) is 4.49. The fourth-order valence-electron chi connectivity index (χ4n) is 2.88. The van der Waals surface area contributed by atoms with Crippen molar-refractivity contribution in [2.75, 3.05) is 5.32 Å². The third-order valence-electron chi connectivity index (χ3n) is 4.49. The van der Waals surface area contributed by atoms with Crippen molar-refractivity contribution >= 4 is 22.5 Å². The summed E-state index contributed by atoms with van der Waals surface area (Å²) in [4.78, 5) is 12.7. The molecular formula is C22H30N2O. The predicted molar refractivity (Wildman–Crippen MR) is 108 cm³/mol. The van der Waals surface area contributed by atoms with Gasteiger partial charge in [-0.15, -0.1) is 0 Å². The van der Waals surface area contributed by atoms with Crippen molar-refractivity contribution in [2.45, 2.75) is 47.6 Å². The summed E-state index contributed by atoms with van der Waals surface area (Å²) < 4.78 is 0. The first kappa shape index (κ1) is 19.0. The quantitative estimate of drug-likeness (QED) is 0.664. The second-order valence-electron chi connectivity index (χ2n) is 8.70. The number of nitrogens with one attached hydrogen (secondary N) is 2. The fourth-order valence-corrected chi connectivity index (χ4v) is 2.88. The van der Waals surface area contributed by atoms with E-state index in [1.54, 1.807) is 0 Å². The summed E-state index contributed by atoms with van der Waals surface area (Å²) in [5, 5.41) is 8.26. The number of urea groups is 1. The van der Waals surface area contributed by atoms with Crippen molar-refractivity contribution in [3.8, 4) is 0 Å². The Bertz CT molecular complexity index is 773. The van der Waals surface area contributed by atoms with Crippen LogP contribution in [-0.2, 0) is 0 Å². The first-order valence-corrected chi connectivity index (χ1v) is 8.75. The van der Waals surface area contributed by atoms with Crippen LogP contribution in [0.2, 0.25) is 0 Å². The molecule has 2 N–H and O–H groups in total. The molecule has 0 spiro atoms. The molecule has 0 aliphatic rings. The molecule has 0 aromatic heterocycles. The van der Waals surface area contributed by atoms with Crippen LogP contribution in [0.4, 0.5) is 10.5 Å². The van der Waals surface area contributed by atoms with E-state index >= 15 is 0 Å². The van der Waals surface area contributed by atoms with Gasteiger partial charge in [0.05, 0.1) is 11.7 Å². The molecule has 1 unspecified atom stereocenters. The molecule has 0 heterocycles. The van der Waals surface area contributed by atoms with E-state index < -0.39 is 0 Å². The Morgan fingerprint density at radius 1 is 0.960 bits per heavy atom. The lowest BCUT2D eigenvalue weighted by Crippen LogP contribution is -2.48. The van der Waals surface area contributed by atoms with Crippen LogP contribution in [-0.4, -0.2) is 12.1 Å². The van der Waals surface area contributed by atoms with E-state index in [9.17, 15) is 4.79 Å². The minimum atomic E-state index is -0.207. The van der Waals surface area contributed by atoms with Crippen molar-refractivity contribution in [1.29, 1.82) is 0 Å². The minimum Gasteiger partial charge on any atom is -0.331 e. The molecule has 0 bridgehead atoms. The zero-order valence-electron chi connectivity index (χ0n) is 16.2.